The minimum atomic E-state index is 0.130. The number of hydrogen-bond acceptors (Lipinski definition) is 1. The van der Waals surface area contributed by atoms with Crippen molar-refractivity contribution < 1.29 is 5.10 Å². The second-order valence-corrected chi connectivity index (χ2v) is 4.78. The molecule has 0 heterocycles. The number of allylic oxidation sites excluding steroid dienone is 2. The molecule has 0 atom stereocenters. The number of nitrogens with one attached hydrogen (secondary N) is 1. The maximum atomic E-state index is 5.28. The SMILES string of the molecule is C/C(=N/[NH+]=C(N)N)C1=CC(C)(C)CCC1. The summed E-state index contributed by atoms with van der Waals surface area (Å²) in [5.74, 6) is 0.130. The van der Waals surface area contributed by atoms with Gasteiger partial charge in [0.15, 0.2) is 0 Å². The summed E-state index contributed by atoms with van der Waals surface area (Å²) in [7, 11) is 0. The molecule has 4 heteroatoms. The summed E-state index contributed by atoms with van der Waals surface area (Å²) >= 11 is 0. The topological polar surface area (TPSA) is 78.4 Å². The van der Waals surface area contributed by atoms with Crippen molar-refractivity contribution in [3.05, 3.63) is 11.6 Å². The van der Waals surface area contributed by atoms with Crippen molar-refractivity contribution in [3.8, 4) is 0 Å². The Balaban J connectivity index is 2.84. The summed E-state index contributed by atoms with van der Waals surface area (Å²) in [5.41, 5.74) is 13.1. The van der Waals surface area contributed by atoms with Crippen LogP contribution in [0.1, 0.15) is 40.0 Å². The molecule has 15 heavy (non-hydrogen) atoms. The lowest BCUT2D eigenvalue weighted by atomic mass is 9.79. The molecule has 0 fully saturated rings. The first kappa shape index (κ1) is 11.8. The molecule has 0 bridgehead atoms. The van der Waals surface area contributed by atoms with Crippen molar-refractivity contribution in [2.24, 2.45) is 22.0 Å². The van der Waals surface area contributed by atoms with Gasteiger partial charge in [0.25, 0.3) is 0 Å². The first-order chi connectivity index (χ1) is 6.91. The molecule has 0 saturated heterocycles. The summed E-state index contributed by atoms with van der Waals surface area (Å²) < 4.78 is 0. The van der Waals surface area contributed by atoms with Crippen LogP contribution in [0.2, 0.25) is 0 Å². The Labute approximate surface area is 91.1 Å². The Hall–Kier alpha value is -1.32. The summed E-state index contributed by atoms with van der Waals surface area (Å²) in [6, 6.07) is 0. The predicted octanol–water partition coefficient (Wildman–Crippen LogP) is -0.147. The van der Waals surface area contributed by atoms with Gasteiger partial charge in [0.2, 0.25) is 0 Å². The lowest BCUT2D eigenvalue weighted by molar-refractivity contribution is -0.464. The molecule has 0 spiro atoms. The predicted molar refractivity (Wildman–Crippen MR) is 63.2 cm³/mol. The van der Waals surface area contributed by atoms with Crippen molar-refractivity contribution in [2.75, 3.05) is 0 Å². The zero-order chi connectivity index (χ0) is 11.5. The zero-order valence-corrected chi connectivity index (χ0v) is 9.80. The Morgan fingerprint density at radius 2 is 2.13 bits per heavy atom. The molecular weight excluding hydrogens is 188 g/mol. The summed E-state index contributed by atoms with van der Waals surface area (Å²) in [4.78, 5) is 0. The van der Waals surface area contributed by atoms with Gasteiger partial charge in [0, 0.05) is 0 Å². The number of guanidine groups is 1. The average Bonchev–Trinajstić information content (AvgIpc) is 2.12. The highest BCUT2D eigenvalue weighted by Crippen LogP contribution is 2.33. The molecule has 5 N–H and O–H groups in total. The number of nitrogens with zero attached hydrogens (tertiary/aromatic N) is 1. The molecule has 0 aliphatic heterocycles. The summed E-state index contributed by atoms with van der Waals surface area (Å²) in [6.45, 7) is 6.47. The van der Waals surface area contributed by atoms with E-state index in [0.717, 1.165) is 12.1 Å². The quantitative estimate of drug-likeness (QED) is 0.336. The lowest BCUT2D eigenvalue weighted by Gasteiger charge is -2.27. The summed E-state index contributed by atoms with van der Waals surface area (Å²) in [6.07, 6.45) is 5.84. The van der Waals surface area contributed by atoms with E-state index in [1.807, 2.05) is 6.92 Å². The highest BCUT2D eigenvalue weighted by molar-refractivity contribution is 5.98. The van der Waals surface area contributed by atoms with Gasteiger partial charge in [-0.15, -0.1) is 5.10 Å². The molecule has 0 radical (unpaired) electrons. The van der Waals surface area contributed by atoms with Gasteiger partial charge in [0.1, 0.15) is 0 Å². The monoisotopic (exact) mass is 209 g/mol. The van der Waals surface area contributed by atoms with E-state index in [0.29, 0.717) is 0 Å². The van der Waals surface area contributed by atoms with Crippen LogP contribution >= 0.6 is 0 Å². The van der Waals surface area contributed by atoms with Gasteiger partial charge in [-0.05, 0) is 37.2 Å². The smallest absolute Gasteiger partial charge is 0.289 e. The van der Waals surface area contributed by atoms with Crippen LogP contribution in [0, 0.1) is 5.41 Å². The Kier molecular flexibility index (Phi) is 3.50. The van der Waals surface area contributed by atoms with Crippen molar-refractivity contribution >= 4 is 11.7 Å². The van der Waals surface area contributed by atoms with E-state index in [4.69, 9.17) is 11.5 Å². The fourth-order valence-corrected chi connectivity index (χ4v) is 1.86. The molecule has 84 valence electrons. The molecular formula is C11H21N4+. The van der Waals surface area contributed by atoms with E-state index in [1.54, 1.807) is 0 Å². The minimum Gasteiger partial charge on any atom is -0.289 e. The standard InChI is InChI=1S/C11H20N4/c1-8(14-15-10(12)13)9-5-4-6-11(2,3)7-9/h7H,4-6H2,1-3H3,(H4,12,13,15)/p+1/b14-8-. The number of hydrogen-bond donors (Lipinski definition) is 3. The van der Waals surface area contributed by atoms with Crippen LogP contribution in [-0.4, -0.2) is 11.7 Å². The largest absolute Gasteiger partial charge is 0.362 e. The lowest BCUT2D eigenvalue weighted by Crippen LogP contribution is -2.72. The molecule has 1 aliphatic carbocycles. The molecule has 4 nitrogen and oxygen atoms in total. The van der Waals surface area contributed by atoms with E-state index in [2.05, 4.69) is 30.1 Å². The Morgan fingerprint density at radius 3 is 2.67 bits per heavy atom. The van der Waals surface area contributed by atoms with E-state index in [1.165, 1.54) is 18.4 Å². The second-order valence-electron chi connectivity index (χ2n) is 4.78. The van der Waals surface area contributed by atoms with Crippen molar-refractivity contribution in [1.82, 2.24) is 0 Å². The highest BCUT2D eigenvalue weighted by atomic mass is 15.3. The normalized spacial score (nSPS) is 20.7. The van der Waals surface area contributed by atoms with Gasteiger partial charge in [-0.1, -0.05) is 19.9 Å². The third-order valence-corrected chi connectivity index (χ3v) is 2.65. The molecule has 0 aromatic rings. The number of nitrogens with two attached hydrogens (primary N) is 2. The molecule has 0 saturated carbocycles. The maximum Gasteiger partial charge on any atom is 0.362 e. The van der Waals surface area contributed by atoms with Crippen LogP contribution in [0.3, 0.4) is 0 Å². The van der Waals surface area contributed by atoms with E-state index in [-0.39, 0.29) is 11.4 Å². The van der Waals surface area contributed by atoms with Gasteiger partial charge in [-0.2, -0.15) is 5.10 Å². The van der Waals surface area contributed by atoms with E-state index in [9.17, 15) is 0 Å². The van der Waals surface area contributed by atoms with Crippen molar-refractivity contribution in [2.45, 2.75) is 40.0 Å². The summed E-state index contributed by atoms with van der Waals surface area (Å²) in [5, 5.41) is 6.71. The van der Waals surface area contributed by atoms with Gasteiger partial charge in [0.05, 0.1) is 5.71 Å². The van der Waals surface area contributed by atoms with Gasteiger partial charge in [-0.3, -0.25) is 11.5 Å². The third kappa shape index (κ3) is 3.73. The van der Waals surface area contributed by atoms with E-state index < -0.39 is 0 Å². The minimum absolute atomic E-state index is 0.130. The molecule has 0 unspecified atom stereocenters. The van der Waals surface area contributed by atoms with Gasteiger partial charge < -0.3 is 0 Å². The highest BCUT2D eigenvalue weighted by Gasteiger charge is 2.21. The van der Waals surface area contributed by atoms with Crippen LogP contribution in [0.4, 0.5) is 0 Å². The maximum absolute atomic E-state index is 5.28. The number of rotatable bonds is 2. The second kappa shape index (κ2) is 4.47. The molecule has 0 amide bonds. The first-order valence-corrected chi connectivity index (χ1v) is 5.31. The van der Waals surface area contributed by atoms with Crippen LogP contribution in [-0.2, 0) is 0 Å². The van der Waals surface area contributed by atoms with Crippen molar-refractivity contribution in [1.29, 1.82) is 0 Å². The zero-order valence-electron chi connectivity index (χ0n) is 9.80. The Morgan fingerprint density at radius 1 is 1.47 bits per heavy atom. The van der Waals surface area contributed by atoms with Crippen molar-refractivity contribution in [3.63, 3.8) is 0 Å². The average molecular weight is 209 g/mol. The van der Waals surface area contributed by atoms with Crippen LogP contribution in [0.15, 0.2) is 16.8 Å². The van der Waals surface area contributed by atoms with Crippen LogP contribution in [0.5, 0.6) is 0 Å². The van der Waals surface area contributed by atoms with Crippen LogP contribution < -0.4 is 16.6 Å². The van der Waals surface area contributed by atoms with Crippen LogP contribution in [0.25, 0.3) is 0 Å². The fourth-order valence-electron chi connectivity index (χ4n) is 1.86. The van der Waals surface area contributed by atoms with Gasteiger partial charge in [-0.25, -0.2) is 0 Å². The number of hydrazone groups is 1. The van der Waals surface area contributed by atoms with E-state index >= 15 is 0 Å². The molecule has 0 aromatic carbocycles. The van der Waals surface area contributed by atoms with Gasteiger partial charge >= 0.3 is 5.96 Å². The Bertz CT molecular complexity index is 319. The molecule has 1 rings (SSSR count). The first-order valence-electron chi connectivity index (χ1n) is 5.31. The third-order valence-electron chi connectivity index (χ3n) is 2.65. The molecule has 0 aromatic heterocycles. The molecule has 1 aliphatic rings. The fraction of sp³-hybridized carbons (Fsp3) is 0.636.